The summed E-state index contributed by atoms with van der Waals surface area (Å²) in [5, 5.41) is 2.73. The van der Waals surface area contributed by atoms with Gasteiger partial charge in [-0.25, -0.2) is 8.42 Å². The molecule has 0 atom stereocenters. The number of rotatable bonds is 9. The number of thiophene rings is 1. The van der Waals surface area contributed by atoms with Gasteiger partial charge in [-0.05, 0) is 50.1 Å². The van der Waals surface area contributed by atoms with E-state index in [1.807, 2.05) is 30.3 Å². The number of hydrogen-bond acceptors (Lipinski definition) is 5. The second-order valence-electron chi connectivity index (χ2n) is 7.92. The smallest absolute Gasteiger partial charge is 0.271 e. The predicted octanol–water partition coefficient (Wildman–Crippen LogP) is 3.99. The number of sulfonamides is 1. The van der Waals surface area contributed by atoms with Crippen LogP contribution in [0.4, 0.5) is 5.69 Å². The van der Waals surface area contributed by atoms with E-state index in [2.05, 4.69) is 22.0 Å². The number of anilines is 1. The average molecular weight is 450 g/mol. The fourth-order valence-corrected chi connectivity index (χ4v) is 6.33. The lowest BCUT2D eigenvalue weighted by Crippen LogP contribution is -2.33. The first-order chi connectivity index (χ1) is 14.3. The molecule has 2 N–H and O–H groups in total. The normalized spacial score (nSPS) is 15.3. The van der Waals surface area contributed by atoms with Crippen LogP contribution < -0.4 is 10.0 Å². The Morgan fingerprint density at radius 2 is 1.87 bits per heavy atom. The molecule has 30 heavy (non-hydrogen) atoms. The van der Waals surface area contributed by atoms with Gasteiger partial charge in [0.1, 0.15) is 4.21 Å². The number of hydrogen-bond donors (Lipinski definition) is 2. The van der Waals surface area contributed by atoms with Gasteiger partial charge in [0.2, 0.25) is 5.91 Å². The van der Waals surface area contributed by atoms with Crippen LogP contribution in [-0.4, -0.2) is 38.9 Å². The molecule has 164 valence electrons. The van der Waals surface area contributed by atoms with Gasteiger partial charge in [0.05, 0.1) is 5.69 Å². The van der Waals surface area contributed by atoms with Gasteiger partial charge in [0.15, 0.2) is 0 Å². The summed E-state index contributed by atoms with van der Waals surface area (Å²) in [6.07, 6.45) is 6.89. The monoisotopic (exact) mass is 449 g/mol. The molecule has 0 spiro atoms. The summed E-state index contributed by atoms with van der Waals surface area (Å²) < 4.78 is 29.0. The summed E-state index contributed by atoms with van der Waals surface area (Å²) in [5.41, 5.74) is 1.62. The average Bonchev–Trinajstić information content (AvgIpc) is 3.20. The van der Waals surface area contributed by atoms with Crippen LogP contribution >= 0.6 is 11.3 Å². The van der Waals surface area contributed by atoms with Crippen LogP contribution in [0.5, 0.6) is 0 Å². The third kappa shape index (κ3) is 6.30. The van der Waals surface area contributed by atoms with E-state index in [1.165, 1.54) is 50.4 Å². The molecule has 1 aromatic carbocycles. The summed E-state index contributed by atoms with van der Waals surface area (Å²) in [4.78, 5) is 14.3. The Hall–Kier alpha value is -1.90. The summed E-state index contributed by atoms with van der Waals surface area (Å²) in [6, 6.07) is 11.6. The van der Waals surface area contributed by atoms with Gasteiger partial charge in [-0.15, -0.1) is 11.3 Å². The molecule has 0 radical (unpaired) electrons. The van der Waals surface area contributed by atoms with Crippen LogP contribution in [0.15, 0.2) is 40.6 Å². The highest BCUT2D eigenvalue weighted by molar-refractivity contribution is 7.94. The number of carbonyl (C=O) groups excluding carboxylic acids is 1. The Balaban J connectivity index is 1.68. The lowest BCUT2D eigenvalue weighted by molar-refractivity contribution is -0.118. The zero-order chi connectivity index (χ0) is 21.6. The maximum atomic E-state index is 13.0. The second-order valence-corrected chi connectivity index (χ2v) is 11.0. The van der Waals surface area contributed by atoms with E-state index >= 15 is 0 Å². The first kappa shape index (κ1) is 22.8. The van der Waals surface area contributed by atoms with Crippen molar-refractivity contribution in [2.75, 3.05) is 18.3 Å². The van der Waals surface area contributed by atoms with E-state index in [1.54, 1.807) is 6.07 Å². The van der Waals surface area contributed by atoms with Gasteiger partial charge in [0, 0.05) is 30.9 Å². The fourth-order valence-electron chi connectivity index (χ4n) is 3.87. The molecule has 1 amide bonds. The Kier molecular flexibility index (Phi) is 7.91. The van der Waals surface area contributed by atoms with Crippen molar-refractivity contribution in [2.24, 2.45) is 0 Å². The number of carbonyl (C=O) groups is 1. The third-order valence-electron chi connectivity index (χ3n) is 5.53. The van der Waals surface area contributed by atoms with Gasteiger partial charge in [-0.3, -0.25) is 14.4 Å². The van der Waals surface area contributed by atoms with Crippen LogP contribution in [0.3, 0.4) is 0 Å². The molecule has 1 heterocycles. The quantitative estimate of drug-likeness (QED) is 0.607. The molecule has 1 fully saturated rings. The second kappa shape index (κ2) is 10.4. The van der Waals surface area contributed by atoms with Gasteiger partial charge in [0.25, 0.3) is 10.0 Å². The molecule has 1 aliphatic carbocycles. The van der Waals surface area contributed by atoms with E-state index in [4.69, 9.17) is 0 Å². The minimum absolute atomic E-state index is 0.0872. The maximum Gasteiger partial charge on any atom is 0.271 e. The van der Waals surface area contributed by atoms with Crippen molar-refractivity contribution in [2.45, 2.75) is 62.2 Å². The third-order valence-corrected chi connectivity index (χ3v) is 8.53. The molecular weight excluding hydrogens is 418 g/mol. The van der Waals surface area contributed by atoms with E-state index in [9.17, 15) is 13.2 Å². The predicted molar refractivity (Wildman–Crippen MR) is 122 cm³/mol. The number of benzene rings is 1. The van der Waals surface area contributed by atoms with Gasteiger partial charge < -0.3 is 5.32 Å². The molecule has 3 rings (SSSR count). The number of nitrogens with zero attached hydrogens (tertiary/aromatic N) is 1. The molecule has 2 aromatic rings. The van der Waals surface area contributed by atoms with E-state index in [0.29, 0.717) is 24.7 Å². The summed E-state index contributed by atoms with van der Waals surface area (Å²) in [7, 11) is -1.53. The molecule has 0 bridgehead atoms. The first-order valence-electron chi connectivity index (χ1n) is 10.5. The molecule has 0 saturated heterocycles. The molecule has 8 heteroatoms. The van der Waals surface area contributed by atoms with Crippen molar-refractivity contribution < 1.29 is 13.2 Å². The van der Waals surface area contributed by atoms with Crippen molar-refractivity contribution in [1.29, 1.82) is 0 Å². The van der Waals surface area contributed by atoms with E-state index in [0.717, 1.165) is 17.0 Å². The van der Waals surface area contributed by atoms with Gasteiger partial charge in [-0.2, -0.15) is 0 Å². The molecule has 1 aromatic heterocycles. The summed E-state index contributed by atoms with van der Waals surface area (Å²) in [6.45, 7) is 2.69. The SMILES string of the molecule is CC(=O)NCCc1ccc(S(=O)(=O)Nc2ccccc2CN(C)C2CCCCC2)s1. The zero-order valence-corrected chi connectivity index (χ0v) is 19.3. The molecule has 0 unspecified atom stereocenters. The van der Waals surface area contributed by atoms with E-state index in [-0.39, 0.29) is 10.1 Å². The van der Waals surface area contributed by atoms with Crippen molar-refractivity contribution in [1.82, 2.24) is 10.2 Å². The van der Waals surface area contributed by atoms with Crippen molar-refractivity contribution in [3.63, 3.8) is 0 Å². The van der Waals surface area contributed by atoms with E-state index < -0.39 is 10.0 Å². The molecular formula is C22H31N3O3S2. The van der Waals surface area contributed by atoms with Crippen LogP contribution in [0, 0.1) is 0 Å². The Labute approximate surface area is 183 Å². The zero-order valence-electron chi connectivity index (χ0n) is 17.7. The lowest BCUT2D eigenvalue weighted by Gasteiger charge is -2.31. The minimum Gasteiger partial charge on any atom is -0.356 e. The topological polar surface area (TPSA) is 78.5 Å². The van der Waals surface area contributed by atoms with Crippen molar-refractivity contribution in [3.8, 4) is 0 Å². The van der Waals surface area contributed by atoms with Crippen LogP contribution in [0.2, 0.25) is 0 Å². The Morgan fingerprint density at radius 1 is 1.13 bits per heavy atom. The first-order valence-corrected chi connectivity index (χ1v) is 12.8. The lowest BCUT2D eigenvalue weighted by atomic mass is 9.94. The molecule has 0 aliphatic heterocycles. The van der Waals surface area contributed by atoms with Crippen LogP contribution in [0.25, 0.3) is 0 Å². The Bertz CT molecular complexity index is 950. The fraction of sp³-hybridized carbons (Fsp3) is 0.500. The van der Waals surface area contributed by atoms with Crippen LogP contribution in [0.1, 0.15) is 49.5 Å². The highest BCUT2D eigenvalue weighted by Crippen LogP contribution is 2.28. The minimum atomic E-state index is -3.65. The van der Waals surface area contributed by atoms with Crippen LogP contribution in [-0.2, 0) is 27.8 Å². The van der Waals surface area contributed by atoms with Gasteiger partial charge >= 0.3 is 0 Å². The Morgan fingerprint density at radius 3 is 2.60 bits per heavy atom. The van der Waals surface area contributed by atoms with Gasteiger partial charge in [-0.1, -0.05) is 37.5 Å². The molecule has 1 aliphatic rings. The largest absolute Gasteiger partial charge is 0.356 e. The molecule has 6 nitrogen and oxygen atoms in total. The number of para-hydroxylation sites is 1. The maximum absolute atomic E-state index is 13.0. The summed E-state index contributed by atoms with van der Waals surface area (Å²) >= 11 is 1.24. The standard InChI is InChI=1S/C22H31N3O3S2/c1-17(26)23-15-14-20-12-13-22(29-20)30(27,28)24-21-11-7-6-8-18(21)16-25(2)19-9-4-3-5-10-19/h6-8,11-13,19,24H,3-5,9-10,14-16H2,1-2H3,(H,23,26). The van der Waals surface area contributed by atoms with Crippen molar-refractivity contribution in [3.05, 3.63) is 46.8 Å². The number of amides is 1. The molecule has 1 saturated carbocycles. The number of nitrogens with one attached hydrogen (secondary N) is 2. The highest BCUT2D eigenvalue weighted by atomic mass is 32.2. The summed E-state index contributed by atoms with van der Waals surface area (Å²) in [5.74, 6) is -0.0872. The highest BCUT2D eigenvalue weighted by Gasteiger charge is 2.21. The van der Waals surface area contributed by atoms with Crippen molar-refractivity contribution >= 4 is 33.0 Å².